The quantitative estimate of drug-likeness (QED) is 0.457. The molecular weight excluding hydrogens is 492 g/mol. The molecule has 0 heterocycles. The van der Waals surface area contributed by atoms with Crippen molar-refractivity contribution in [1.82, 2.24) is 0 Å². The highest BCUT2D eigenvalue weighted by Crippen LogP contribution is 2.66. The summed E-state index contributed by atoms with van der Waals surface area (Å²) < 4.78 is 0. The molecule has 6 rings (SSSR count). The number of carbonyl (C=O) groups is 1. The molecule has 0 saturated heterocycles. The maximum absolute atomic E-state index is 12.3. The SMILES string of the molecule is CN(C)c1ccc(C#CC2(O)CC[C@H]3[C@@H]4CCC5=CC(=O)CCC5=C4[C@@H](c4ccc(N(C)C)cc4)C[C@@]32C)cc1. The van der Waals surface area contributed by atoms with Crippen LogP contribution in [0, 0.1) is 29.1 Å². The Morgan fingerprint density at radius 1 is 0.875 bits per heavy atom. The standard InChI is InChI=1S/C36H42N2O2/c1-35-23-32(25-8-13-28(14-9-25)38(4)5)34-30-17-15-29(39)22-26(30)10-16-31(34)33(35)19-21-36(35,40)20-18-24-6-11-27(12-7-24)37(2)3/h6-9,11-14,22,31-33,40H,10,15-17,19,21,23H2,1-5H3/t31-,32+,33-,35-,36?/m0/s1. The van der Waals surface area contributed by atoms with E-state index in [0.717, 1.165) is 43.4 Å². The van der Waals surface area contributed by atoms with E-state index in [1.807, 2.05) is 20.2 Å². The van der Waals surface area contributed by atoms with Crippen molar-refractivity contribution in [3.63, 3.8) is 0 Å². The van der Waals surface area contributed by atoms with Gasteiger partial charge in [-0.2, -0.15) is 0 Å². The maximum Gasteiger partial charge on any atom is 0.156 e. The van der Waals surface area contributed by atoms with Crippen LogP contribution >= 0.6 is 0 Å². The van der Waals surface area contributed by atoms with E-state index >= 15 is 0 Å². The summed E-state index contributed by atoms with van der Waals surface area (Å²) in [4.78, 5) is 16.6. The Morgan fingerprint density at radius 2 is 1.52 bits per heavy atom. The van der Waals surface area contributed by atoms with Crippen molar-refractivity contribution < 1.29 is 9.90 Å². The van der Waals surface area contributed by atoms with E-state index in [1.165, 1.54) is 22.4 Å². The number of aliphatic hydroxyl groups is 1. The summed E-state index contributed by atoms with van der Waals surface area (Å²) in [5.41, 5.74) is 7.52. The Kier molecular flexibility index (Phi) is 6.70. The molecule has 0 bridgehead atoms. The molecule has 1 N–H and O–H groups in total. The molecule has 2 fully saturated rings. The second-order valence-electron chi connectivity index (χ2n) is 13.1. The third-order valence-electron chi connectivity index (χ3n) is 10.5. The molecule has 0 amide bonds. The second-order valence-corrected chi connectivity index (χ2v) is 13.1. The molecule has 208 valence electrons. The van der Waals surface area contributed by atoms with Crippen LogP contribution in [0.2, 0.25) is 0 Å². The van der Waals surface area contributed by atoms with E-state index in [0.29, 0.717) is 24.7 Å². The van der Waals surface area contributed by atoms with Gasteiger partial charge in [0.1, 0.15) is 5.60 Å². The topological polar surface area (TPSA) is 43.8 Å². The molecule has 0 radical (unpaired) electrons. The number of nitrogens with zero attached hydrogens (tertiary/aromatic N) is 2. The van der Waals surface area contributed by atoms with Crippen LogP contribution in [0.1, 0.15) is 68.9 Å². The number of hydrogen-bond donors (Lipinski definition) is 1. The van der Waals surface area contributed by atoms with Crippen molar-refractivity contribution in [3.05, 3.63) is 82.5 Å². The van der Waals surface area contributed by atoms with Gasteiger partial charge in [0.25, 0.3) is 0 Å². The predicted molar refractivity (Wildman–Crippen MR) is 164 cm³/mol. The zero-order valence-corrected chi connectivity index (χ0v) is 24.6. The van der Waals surface area contributed by atoms with Crippen LogP contribution in [0.15, 0.2) is 71.3 Å². The molecule has 0 spiro atoms. The van der Waals surface area contributed by atoms with E-state index in [-0.39, 0.29) is 17.1 Å². The normalized spacial score (nSPS) is 30.9. The van der Waals surface area contributed by atoms with Gasteiger partial charge >= 0.3 is 0 Å². The Bertz CT molecular complexity index is 1440. The Labute approximate surface area is 239 Å². The predicted octanol–water partition coefficient (Wildman–Crippen LogP) is 6.50. The Balaban J connectivity index is 1.42. The van der Waals surface area contributed by atoms with Crippen LogP contribution in [0.3, 0.4) is 0 Å². The van der Waals surface area contributed by atoms with Gasteiger partial charge in [0, 0.05) is 62.9 Å². The lowest BCUT2D eigenvalue weighted by Crippen LogP contribution is -2.51. The summed E-state index contributed by atoms with van der Waals surface area (Å²) in [6.45, 7) is 2.31. The number of fused-ring (bicyclic) bond motifs is 4. The van der Waals surface area contributed by atoms with Crippen molar-refractivity contribution in [2.45, 2.75) is 63.4 Å². The highest BCUT2D eigenvalue weighted by molar-refractivity contribution is 5.93. The molecule has 0 aliphatic heterocycles. The average Bonchev–Trinajstić information content (AvgIpc) is 3.21. The van der Waals surface area contributed by atoms with Crippen molar-refractivity contribution in [1.29, 1.82) is 0 Å². The molecule has 4 nitrogen and oxygen atoms in total. The third-order valence-corrected chi connectivity index (χ3v) is 10.5. The van der Waals surface area contributed by atoms with Gasteiger partial charge in [-0.05, 0) is 110 Å². The van der Waals surface area contributed by atoms with Gasteiger partial charge in [-0.15, -0.1) is 0 Å². The zero-order chi connectivity index (χ0) is 28.2. The van der Waals surface area contributed by atoms with Crippen LogP contribution < -0.4 is 9.80 Å². The fourth-order valence-electron chi connectivity index (χ4n) is 8.19. The van der Waals surface area contributed by atoms with Crippen LogP contribution in [-0.4, -0.2) is 44.7 Å². The molecule has 2 saturated carbocycles. The maximum atomic E-state index is 12.3. The summed E-state index contributed by atoms with van der Waals surface area (Å²) in [6, 6.07) is 17.3. The summed E-state index contributed by atoms with van der Waals surface area (Å²) >= 11 is 0. The van der Waals surface area contributed by atoms with Gasteiger partial charge in [0.2, 0.25) is 0 Å². The molecule has 0 aromatic heterocycles. The minimum absolute atomic E-state index is 0.222. The molecular formula is C36H42N2O2. The minimum atomic E-state index is -1.03. The fourth-order valence-corrected chi connectivity index (χ4v) is 8.19. The number of allylic oxidation sites excluding steroid dienone is 4. The highest BCUT2D eigenvalue weighted by atomic mass is 16.3. The number of anilines is 2. The van der Waals surface area contributed by atoms with E-state index in [2.05, 4.69) is 91.2 Å². The van der Waals surface area contributed by atoms with Crippen LogP contribution in [-0.2, 0) is 4.79 Å². The van der Waals surface area contributed by atoms with Gasteiger partial charge in [0.15, 0.2) is 5.78 Å². The van der Waals surface area contributed by atoms with Crippen molar-refractivity contribution in [2.24, 2.45) is 17.3 Å². The van der Waals surface area contributed by atoms with E-state index in [4.69, 9.17) is 0 Å². The largest absolute Gasteiger partial charge is 0.378 e. The summed E-state index contributed by atoms with van der Waals surface area (Å²) in [7, 11) is 8.22. The monoisotopic (exact) mass is 534 g/mol. The van der Waals surface area contributed by atoms with E-state index < -0.39 is 5.60 Å². The smallest absolute Gasteiger partial charge is 0.156 e. The molecule has 1 unspecified atom stereocenters. The fraction of sp³-hybridized carbons (Fsp3) is 0.472. The molecule has 5 atom stereocenters. The Morgan fingerprint density at radius 3 is 2.17 bits per heavy atom. The number of rotatable bonds is 3. The van der Waals surface area contributed by atoms with Gasteiger partial charge < -0.3 is 14.9 Å². The first-order valence-corrected chi connectivity index (χ1v) is 14.9. The molecule has 40 heavy (non-hydrogen) atoms. The van der Waals surface area contributed by atoms with E-state index in [1.54, 1.807) is 5.57 Å². The van der Waals surface area contributed by atoms with Crippen LogP contribution in [0.25, 0.3) is 0 Å². The van der Waals surface area contributed by atoms with Crippen LogP contribution in [0.5, 0.6) is 0 Å². The minimum Gasteiger partial charge on any atom is -0.378 e. The molecule has 4 heteroatoms. The molecule has 4 aliphatic rings. The third kappa shape index (κ3) is 4.40. The van der Waals surface area contributed by atoms with Gasteiger partial charge in [-0.3, -0.25) is 4.79 Å². The number of hydrogen-bond acceptors (Lipinski definition) is 4. The Hall–Kier alpha value is -3.29. The van der Waals surface area contributed by atoms with Crippen molar-refractivity contribution in [3.8, 4) is 11.8 Å². The number of benzene rings is 2. The molecule has 2 aromatic rings. The number of ketones is 1. The molecule has 4 aliphatic carbocycles. The lowest BCUT2D eigenvalue weighted by molar-refractivity contribution is -0.114. The average molecular weight is 535 g/mol. The van der Waals surface area contributed by atoms with Gasteiger partial charge in [-0.25, -0.2) is 0 Å². The van der Waals surface area contributed by atoms with Crippen LogP contribution in [0.4, 0.5) is 11.4 Å². The zero-order valence-electron chi connectivity index (χ0n) is 24.6. The van der Waals surface area contributed by atoms with E-state index in [9.17, 15) is 9.90 Å². The lowest BCUT2D eigenvalue weighted by atomic mass is 9.51. The summed E-state index contributed by atoms with van der Waals surface area (Å²) in [6.07, 6.45) is 8.01. The first kappa shape index (κ1) is 26.9. The highest BCUT2D eigenvalue weighted by Gasteiger charge is 2.62. The summed E-state index contributed by atoms with van der Waals surface area (Å²) in [5, 5.41) is 12.3. The number of carbonyl (C=O) groups excluding carboxylic acids is 1. The lowest BCUT2D eigenvalue weighted by Gasteiger charge is -2.53. The summed E-state index contributed by atoms with van der Waals surface area (Å²) in [5.74, 6) is 8.10. The van der Waals surface area contributed by atoms with Gasteiger partial charge in [-0.1, -0.05) is 36.5 Å². The molecule has 2 aromatic carbocycles. The second kappa shape index (κ2) is 9.96. The van der Waals surface area contributed by atoms with Crippen molar-refractivity contribution >= 4 is 17.2 Å². The van der Waals surface area contributed by atoms with Crippen molar-refractivity contribution in [2.75, 3.05) is 38.0 Å². The van der Waals surface area contributed by atoms with Gasteiger partial charge in [0.05, 0.1) is 0 Å². The first-order chi connectivity index (χ1) is 19.1. The first-order valence-electron chi connectivity index (χ1n) is 14.9.